The Morgan fingerprint density at radius 1 is 1.42 bits per heavy atom. The van der Waals surface area contributed by atoms with E-state index in [2.05, 4.69) is 10.6 Å². The number of nitrogens with one attached hydrogen (secondary N) is 2. The van der Waals surface area contributed by atoms with E-state index in [1.54, 1.807) is 7.11 Å². The van der Waals surface area contributed by atoms with Gasteiger partial charge in [-0.15, -0.1) is 0 Å². The van der Waals surface area contributed by atoms with Gasteiger partial charge in [0.15, 0.2) is 6.61 Å². The molecule has 1 aromatic rings. The molecule has 0 aromatic heterocycles. The molecule has 1 amide bonds. The Balaban J connectivity index is 2.39. The summed E-state index contributed by atoms with van der Waals surface area (Å²) in [6, 6.07) is 7.65. The van der Waals surface area contributed by atoms with Crippen molar-refractivity contribution in [1.82, 2.24) is 10.6 Å². The number of amides is 1. The second-order valence-corrected chi connectivity index (χ2v) is 4.39. The maximum Gasteiger partial charge on any atom is 0.258 e. The van der Waals surface area contributed by atoms with Gasteiger partial charge in [0, 0.05) is 19.7 Å². The van der Waals surface area contributed by atoms with Crippen molar-refractivity contribution >= 4 is 5.91 Å². The third kappa shape index (κ3) is 6.22. The highest BCUT2D eigenvalue weighted by Gasteiger charge is 2.07. The minimum absolute atomic E-state index is 0.0110. The second kappa shape index (κ2) is 8.50. The van der Waals surface area contributed by atoms with Crippen LogP contribution in [-0.2, 0) is 16.1 Å². The maximum absolute atomic E-state index is 11.6. The summed E-state index contributed by atoms with van der Waals surface area (Å²) in [4.78, 5) is 11.6. The first kappa shape index (κ1) is 15.5. The van der Waals surface area contributed by atoms with Crippen LogP contribution in [0.1, 0.15) is 12.5 Å². The summed E-state index contributed by atoms with van der Waals surface area (Å²) < 4.78 is 10.4. The van der Waals surface area contributed by atoms with Crippen LogP contribution in [0.25, 0.3) is 0 Å². The molecule has 1 atom stereocenters. The summed E-state index contributed by atoms with van der Waals surface area (Å²) >= 11 is 0. The van der Waals surface area contributed by atoms with E-state index in [9.17, 15) is 4.79 Å². The van der Waals surface area contributed by atoms with Gasteiger partial charge in [0.2, 0.25) is 0 Å². The average Bonchev–Trinajstić information content (AvgIpc) is 2.37. The normalized spacial score (nSPS) is 11.9. The number of hydrogen-bond donors (Lipinski definition) is 2. The monoisotopic (exact) mass is 266 g/mol. The van der Waals surface area contributed by atoms with Gasteiger partial charge in [-0.3, -0.25) is 4.79 Å². The molecule has 1 rings (SSSR count). The highest BCUT2D eigenvalue weighted by Crippen LogP contribution is 2.12. The molecular formula is C14H22N2O3. The standard InChI is InChI=1S/C14H22N2O3/c1-11(9-18-3)16-14(17)10-19-13-6-4-5-12(7-13)8-15-2/h4-7,11,15H,8-10H2,1-3H3,(H,16,17). The molecule has 0 radical (unpaired) electrons. The highest BCUT2D eigenvalue weighted by atomic mass is 16.5. The summed E-state index contributed by atoms with van der Waals surface area (Å²) in [5, 5.41) is 5.86. The van der Waals surface area contributed by atoms with Gasteiger partial charge in [-0.1, -0.05) is 12.1 Å². The van der Waals surface area contributed by atoms with E-state index in [1.165, 1.54) is 0 Å². The molecule has 0 aliphatic carbocycles. The van der Waals surface area contributed by atoms with Crippen molar-refractivity contribution in [3.8, 4) is 5.75 Å². The predicted molar refractivity (Wildman–Crippen MR) is 74.2 cm³/mol. The summed E-state index contributed by atoms with van der Waals surface area (Å²) in [5.41, 5.74) is 1.12. The van der Waals surface area contributed by atoms with Gasteiger partial charge < -0.3 is 20.1 Å². The van der Waals surface area contributed by atoms with Crippen LogP contribution >= 0.6 is 0 Å². The highest BCUT2D eigenvalue weighted by molar-refractivity contribution is 5.77. The summed E-state index contributed by atoms with van der Waals surface area (Å²) in [6.07, 6.45) is 0. The first-order valence-electron chi connectivity index (χ1n) is 6.30. The minimum atomic E-state index is -0.149. The largest absolute Gasteiger partial charge is 0.484 e. The smallest absolute Gasteiger partial charge is 0.258 e. The molecule has 5 nitrogen and oxygen atoms in total. The Kier molecular flexibility index (Phi) is 6.92. The van der Waals surface area contributed by atoms with Crippen molar-refractivity contribution in [1.29, 1.82) is 0 Å². The molecule has 0 bridgehead atoms. The first-order valence-corrected chi connectivity index (χ1v) is 6.30. The van der Waals surface area contributed by atoms with Crippen LogP contribution in [-0.4, -0.2) is 39.3 Å². The molecule has 0 aliphatic rings. The van der Waals surface area contributed by atoms with Crippen molar-refractivity contribution < 1.29 is 14.3 Å². The van der Waals surface area contributed by atoms with E-state index < -0.39 is 0 Å². The number of carbonyl (C=O) groups is 1. The molecule has 0 saturated heterocycles. The number of rotatable bonds is 8. The number of benzene rings is 1. The van der Waals surface area contributed by atoms with Gasteiger partial charge >= 0.3 is 0 Å². The van der Waals surface area contributed by atoms with Crippen LogP contribution in [0.4, 0.5) is 0 Å². The molecule has 1 aromatic carbocycles. The molecule has 106 valence electrons. The fourth-order valence-corrected chi connectivity index (χ4v) is 1.71. The number of ether oxygens (including phenoxy) is 2. The van der Waals surface area contributed by atoms with Crippen molar-refractivity contribution in [3.63, 3.8) is 0 Å². The summed E-state index contributed by atoms with van der Waals surface area (Å²) in [5.74, 6) is 0.547. The zero-order valence-corrected chi connectivity index (χ0v) is 11.7. The Hall–Kier alpha value is -1.59. The number of hydrogen-bond acceptors (Lipinski definition) is 4. The van der Waals surface area contributed by atoms with E-state index in [4.69, 9.17) is 9.47 Å². The fraction of sp³-hybridized carbons (Fsp3) is 0.500. The maximum atomic E-state index is 11.6. The van der Waals surface area contributed by atoms with E-state index >= 15 is 0 Å². The third-order valence-corrected chi connectivity index (χ3v) is 2.47. The lowest BCUT2D eigenvalue weighted by Gasteiger charge is -2.13. The fourth-order valence-electron chi connectivity index (χ4n) is 1.71. The molecule has 1 unspecified atom stereocenters. The van der Waals surface area contributed by atoms with Crippen LogP contribution in [0.2, 0.25) is 0 Å². The lowest BCUT2D eigenvalue weighted by molar-refractivity contribution is -0.124. The topological polar surface area (TPSA) is 59.6 Å². The van der Waals surface area contributed by atoms with Crippen LogP contribution in [0, 0.1) is 0 Å². The third-order valence-electron chi connectivity index (χ3n) is 2.47. The summed E-state index contributed by atoms with van der Waals surface area (Å²) in [6.45, 7) is 3.16. The molecule has 2 N–H and O–H groups in total. The van der Waals surface area contributed by atoms with E-state index in [1.807, 2.05) is 38.2 Å². The van der Waals surface area contributed by atoms with Crippen LogP contribution in [0.15, 0.2) is 24.3 Å². The molecule has 0 aliphatic heterocycles. The lowest BCUT2D eigenvalue weighted by atomic mass is 10.2. The minimum Gasteiger partial charge on any atom is -0.484 e. The molecule has 0 heterocycles. The van der Waals surface area contributed by atoms with Crippen molar-refractivity contribution in [2.24, 2.45) is 0 Å². The zero-order valence-electron chi connectivity index (χ0n) is 11.7. The Morgan fingerprint density at radius 2 is 2.21 bits per heavy atom. The zero-order chi connectivity index (χ0) is 14.1. The predicted octanol–water partition coefficient (Wildman–Crippen LogP) is 0.936. The van der Waals surface area contributed by atoms with Crippen LogP contribution in [0.5, 0.6) is 5.75 Å². The average molecular weight is 266 g/mol. The van der Waals surface area contributed by atoms with E-state index in [0.717, 1.165) is 12.1 Å². The molecule has 19 heavy (non-hydrogen) atoms. The molecular weight excluding hydrogens is 244 g/mol. The Morgan fingerprint density at radius 3 is 2.89 bits per heavy atom. The first-order chi connectivity index (χ1) is 9.15. The molecule has 0 saturated carbocycles. The van der Waals surface area contributed by atoms with Crippen molar-refractivity contribution in [2.75, 3.05) is 27.4 Å². The Bertz CT molecular complexity index is 396. The van der Waals surface area contributed by atoms with Crippen molar-refractivity contribution in [2.45, 2.75) is 19.5 Å². The lowest BCUT2D eigenvalue weighted by Crippen LogP contribution is -2.38. The van der Waals surface area contributed by atoms with Gasteiger partial charge in [0.25, 0.3) is 5.91 Å². The second-order valence-electron chi connectivity index (χ2n) is 4.39. The van der Waals surface area contributed by atoms with Gasteiger partial charge in [-0.2, -0.15) is 0 Å². The number of carbonyl (C=O) groups excluding carboxylic acids is 1. The SMILES string of the molecule is CNCc1cccc(OCC(=O)NC(C)COC)c1. The molecule has 5 heteroatoms. The van der Waals surface area contributed by atoms with Crippen LogP contribution < -0.4 is 15.4 Å². The van der Waals surface area contributed by atoms with Crippen LogP contribution in [0.3, 0.4) is 0 Å². The van der Waals surface area contributed by atoms with Gasteiger partial charge in [0.05, 0.1) is 6.61 Å². The van der Waals surface area contributed by atoms with Crippen molar-refractivity contribution in [3.05, 3.63) is 29.8 Å². The molecule has 0 fully saturated rings. The van der Waals surface area contributed by atoms with Gasteiger partial charge in [0.1, 0.15) is 5.75 Å². The summed E-state index contributed by atoms with van der Waals surface area (Å²) in [7, 11) is 3.49. The van der Waals surface area contributed by atoms with Gasteiger partial charge in [-0.05, 0) is 31.7 Å². The Labute approximate surface area is 114 Å². The number of methoxy groups -OCH3 is 1. The quantitative estimate of drug-likeness (QED) is 0.735. The van der Waals surface area contributed by atoms with E-state index in [-0.39, 0.29) is 18.6 Å². The van der Waals surface area contributed by atoms with Gasteiger partial charge in [-0.25, -0.2) is 0 Å². The van der Waals surface area contributed by atoms with E-state index in [0.29, 0.717) is 12.4 Å². The molecule has 0 spiro atoms.